The molecule has 1 amide bonds. The second-order valence-corrected chi connectivity index (χ2v) is 6.71. The van der Waals surface area contributed by atoms with Gasteiger partial charge in [0, 0.05) is 6.54 Å². The van der Waals surface area contributed by atoms with Crippen molar-refractivity contribution in [2.75, 3.05) is 13.2 Å². The molecule has 0 aromatic rings. The first-order chi connectivity index (χ1) is 8.59. The van der Waals surface area contributed by atoms with E-state index in [9.17, 15) is 15.1 Å². The van der Waals surface area contributed by atoms with Crippen LogP contribution in [-0.4, -0.2) is 50.7 Å². The van der Waals surface area contributed by atoms with E-state index < -0.39 is 16.6 Å². The van der Waals surface area contributed by atoms with Crippen LogP contribution in [0.1, 0.15) is 54.4 Å². The molecule has 0 bridgehead atoms. The fourth-order valence-corrected chi connectivity index (χ4v) is 2.85. The van der Waals surface area contributed by atoms with Gasteiger partial charge in [0.1, 0.15) is 5.54 Å². The standard InChI is InChI=1S/C14H27N2O3/c1-7-14(8-2)11(18)15(13(5,6)10-17)9-12(3,4)16(14)19/h17H,7-10H2,1-6H3. The third-order valence-electron chi connectivity index (χ3n) is 4.41. The van der Waals surface area contributed by atoms with Crippen molar-refractivity contribution in [2.45, 2.75) is 71.0 Å². The van der Waals surface area contributed by atoms with Gasteiger partial charge in [0.05, 0.1) is 17.7 Å². The fraction of sp³-hybridized carbons (Fsp3) is 0.929. The van der Waals surface area contributed by atoms with Gasteiger partial charge in [-0.3, -0.25) is 4.79 Å². The third kappa shape index (κ3) is 2.39. The maximum Gasteiger partial charge on any atom is 0.246 e. The Morgan fingerprint density at radius 1 is 1.26 bits per heavy atom. The van der Waals surface area contributed by atoms with Crippen LogP contribution in [-0.2, 0) is 10.0 Å². The van der Waals surface area contributed by atoms with Crippen LogP contribution < -0.4 is 0 Å². The Balaban J connectivity index is 3.30. The number of carbonyl (C=O) groups is 1. The number of amides is 1. The molecule has 1 rings (SSSR count). The first kappa shape index (κ1) is 16.4. The van der Waals surface area contributed by atoms with Gasteiger partial charge in [-0.15, -0.1) is 10.3 Å². The zero-order valence-corrected chi connectivity index (χ0v) is 13.0. The molecule has 1 saturated heterocycles. The van der Waals surface area contributed by atoms with Crippen LogP contribution in [0.4, 0.5) is 0 Å². The number of hydrogen-bond donors (Lipinski definition) is 1. The lowest BCUT2D eigenvalue weighted by atomic mass is 9.80. The number of carbonyl (C=O) groups excluding carboxylic acids is 1. The minimum Gasteiger partial charge on any atom is -0.394 e. The van der Waals surface area contributed by atoms with Gasteiger partial charge < -0.3 is 10.0 Å². The Bertz CT molecular complexity index is 349. The average Bonchev–Trinajstić information content (AvgIpc) is 2.36. The Kier molecular flexibility index (Phi) is 4.35. The van der Waals surface area contributed by atoms with Gasteiger partial charge >= 0.3 is 0 Å². The average molecular weight is 271 g/mol. The topological polar surface area (TPSA) is 63.7 Å². The lowest BCUT2D eigenvalue weighted by Gasteiger charge is -2.56. The van der Waals surface area contributed by atoms with E-state index in [0.717, 1.165) is 5.06 Å². The van der Waals surface area contributed by atoms with E-state index in [1.165, 1.54) is 0 Å². The highest BCUT2D eigenvalue weighted by Crippen LogP contribution is 2.39. The van der Waals surface area contributed by atoms with Gasteiger partial charge in [-0.05, 0) is 40.5 Å². The molecular formula is C14H27N2O3. The van der Waals surface area contributed by atoms with Crippen LogP contribution in [0, 0.1) is 0 Å². The van der Waals surface area contributed by atoms with Crippen molar-refractivity contribution in [2.24, 2.45) is 0 Å². The molecule has 1 aliphatic heterocycles. The van der Waals surface area contributed by atoms with E-state index in [-0.39, 0.29) is 12.5 Å². The largest absolute Gasteiger partial charge is 0.394 e. The van der Waals surface area contributed by atoms with Crippen molar-refractivity contribution in [1.29, 1.82) is 0 Å². The maximum atomic E-state index is 12.8. The Morgan fingerprint density at radius 3 is 2.11 bits per heavy atom. The zero-order chi connectivity index (χ0) is 15.1. The van der Waals surface area contributed by atoms with Crippen LogP contribution in [0.5, 0.6) is 0 Å². The predicted molar refractivity (Wildman–Crippen MR) is 72.8 cm³/mol. The summed E-state index contributed by atoms with van der Waals surface area (Å²) in [5, 5.41) is 23.1. The molecule has 0 spiro atoms. The predicted octanol–water partition coefficient (Wildman–Crippen LogP) is 1.58. The number of piperazine rings is 1. The van der Waals surface area contributed by atoms with E-state index in [0.29, 0.717) is 19.4 Å². The number of hydrogen-bond acceptors (Lipinski definition) is 3. The summed E-state index contributed by atoms with van der Waals surface area (Å²) in [6, 6.07) is 0. The highest BCUT2D eigenvalue weighted by atomic mass is 16.5. The van der Waals surface area contributed by atoms with E-state index in [4.69, 9.17) is 0 Å². The number of aliphatic hydroxyl groups is 1. The highest BCUT2D eigenvalue weighted by molar-refractivity contribution is 5.88. The minimum absolute atomic E-state index is 0.114. The zero-order valence-electron chi connectivity index (χ0n) is 13.0. The van der Waals surface area contributed by atoms with E-state index >= 15 is 0 Å². The molecule has 111 valence electrons. The van der Waals surface area contributed by atoms with Crippen molar-refractivity contribution >= 4 is 5.91 Å². The molecule has 1 heterocycles. The number of hydroxylamine groups is 2. The van der Waals surface area contributed by atoms with E-state index in [2.05, 4.69) is 0 Å². The van der Waals surface area contributed by atoms with Gasteiger partial charge in [-0.25, -0.2) is 0 Å². The second kappa shape index (κ2) is 5.04. The summed E-state index contributed by atoms with van der Waals surface area (Å²) in [5.41, 5.74) is -2.30. The molecule has 0 aromatic carbocycles. The van der Waals surface area contributed by atoms with E-state index in [1.807, 2.05) is 41.5 Å². The van der Waals surface area contributed by atoms with Crippen LogP contribution in [0.3, 0.4) is 0 Å². The lowest BCUT2D eigenvalue weighted by molar-refractivity contribution is -0.298. The summed E-state index contributed by atoms with van der Waals surface area (Å²) >= 11 is 0. The molecule has 1 aliphatic rings. The summed E-state index contributed by atoms with van der Waals surface area (Å²) in [7, 11) is 0. The third-order valence-corrected chi connectivity index (χ3v) is 4.41. The fourth-order valence-electron chi connectivity index (χ4n) is 2.85. The molecule has 0 unspecified atom stereocenters. The molecule has 0 saturated carbocycles. The molecule has 1 N–H and O–H groups in total. The molecule has 0 aromatic heterocycles. The van der Waals surface area contributed by atoms with Crippen molar-refractivity contribution in [3.8, 4) is 0 Å². The lowest BCUT2D eigenvalue weighted by Crippen LogP contribution is -2.74. The monoisotopic (exact) mass is 271 g/mol. The van der Waals surface area contributed by atoms with Crippen molar-refractivity contribution in [3.05, 3.63) is 0 Å². The number of aliphatic hydroxyl groups excluding tert-OH is 1. The Labute approximate surface area is 116 Å². The second-order valence-electron chi connectivity index (χ2n) is 6.71. The molecule has 19 heavy (non-hydrogen) atoms. The smallest absolute Gasteiger partial charge is 0.246 e. The van der Waals surface area contributed by atoms with Crippen LogP contribution in [0.15, 0.2) is 0 Å². The van der Waals surface area contributed by atoms with Crippen LogP contribution >= 0.6 is 0 Å². The van der Waals surface area contributed by atoms with Crippen molar-refractivity contribution in [3.63, 3.8) is 0 Å². The SMILES string of the molecule is CCC1(CC)C(=O)N(C(C)(C)CO)CC(C)(C)N1[O]. The van der Waals surface area contributed by atoms with Gasteiger partial charge in [0.25, 0.3) is 0 Å². The Morgan fingerprint density at radius 2 is 1.74 bits per heavy atom. The molecular weight excluding hydrogens is 244 g/mol. The minimum atomic E-state index is -1.01. The van der Waals surface area contributed by atoms with Gasteiger partial charge in [0.15, 0.2) is 0 Å². The van der Waals surface area contributed by atoms with Crippen molar-refractivity contribution in [1.82, 2.24) is 9.96 Å². The van der Waals surface area contributed by atoms with E-state index in [1.54, 1.807) is 4.90 Å². The summed E-state index contributed by atoms with van der Waals surface area (Å²) in [6.45, 7) is 11.3. The normalized spacial score (nSPS) is 23.8. The number of rotatable bonds is 4. The summed E-state index contributed by atoms with van der Waals surface area (Å²) in [6.07, 6.45) is 0.959. The molecule has 0 aliphatic carbocycles. The molecule has 0 atom stereocenters. The van der Waals surface area contributed by atoms with Crippen molar-refractivity contribution < 1.29 is 15.1 Å². The first-order valence-corrected chi connectivity index (χ1v) is 6.99. The quantitative estimate of drug-likeness (QED) is 0.844. The summed E-state index contributed by atoms with van der Waals surface area (Å²) in [4.78, 5) is 14.5. The first-order valence-electron chi connectivity index (χ1n) is 6.99. The Hall–Kier alpha value is -0.650. The van der Waals surface area contributed by atoms with Gasteiger partial charge in [-0.1, -0.05) is 13.8 Å². The molecule has 5 heteroatoms. The highest BCUT2D eigenvalue weighted by Gasteiger charge is 2.57. The molecule has 1 fully saturated rings. The maximum absolute atomic E-state index is 12.8. The number of nitrogens with zero attached hydrogens (tertiary/aromatic N) is 2. The molecule has 5 nitrogen and oxygen atoms in total. The van der Waals surface area contributed by atoms with Crippen LogP contribution in [0.2, 0.25) is 0 Å². The summed E-state index contributed by atoms with van der Waals surface area (Å²) in [5.74, 6) is -0.161. The van der Waals surface area contributed by atoms with Gasteiger partial charge in [0.2, 0.25) is 5.91 Å². The van der Waals surface area contributed by atoms with Crippen LogP contribution in [0.25, 0.3) is 0 Å². The van der Waals surface area contributed by atoms with Gasteiger partial charge in [-0.2, -0.15) is 0 Å². The summed E-state index contributed by atoms with van der Waals surface area (Å²) < 4.78 is 0. The molecule has 1 radical (unpaired) electrons.